The van der Waals surface area contributed by atoms with Crippen molar-refractivity contribution in [2.75, 3.05) is 42.8 Å². The highest BCUT2D eigenvalue weighted by Gasteiger charge is 2.29. The lowest BCUT2D eigenvalue weighted by Crippen LogP contribution is -2.42. The molecule has 2 saturated heterocycles. The predicted molar refractivity (Wildman–Crippen MR) is 115 cm³/mol. The molecule has 9 heteroatoms. The quantitative estimate of drug-likeness (QED) is 0.741. The van der Waals surface area contributed by atoms with E-state index in [4.69, 9.17) is 5.26 Å². The van der Waals surface area contributed by atoms with Crippen molar-refractivity contribution in [3.63, 3.8) is 0 Å². The SMILES string of the molecule is N#C[C@@H]1CSCN1C(=O)CNC(=O)c1ccnc2ccc(N3CC[C@H](CO)C3)cc12. The van der Waals surface area contributed by atoms with Gasteiger partial charge in [0, 0.05) is 48.6 Å². The van der Waals surface area contributed by atoms with Crippen LogP contribution in [0.2, 0.25) is 0 Å². The number of fused-ring (bicyclic) bond motifs is 1. The van der Waals surface area contributed by atoms with Crippen molar-refractivity contribution in [2.24, 2.45) is 5.92 Å². The van der Waals surface area contributed by atoms with Gasteiger partial charge in [0.2, 0.25) is 5.91 Å². The molecule has 3 heterocycles. The molecule has 156 valence electrons. The van der Waals surface area contributed by atoms with Gasteiger partial charge in [-0.25, -0.2) is 0 Å². The minimum Gasteiger partial charge on any atom is -0.396 e. The largest absolute Gasteiger partial charge is 0.396 e. The number of carbonyl (C=O) groups excluding carboxylic acids is 2. The third kappa shape index (κ3) is 4.06. The van der Waals surface area contributed by atoms with Gasteiger partial charge in [-0.1, -0.05) is 0 Å². The van der Waals surface area contributed by atoms with E-state index < -0.39 is 6.04 Å². The second kappa shape index (κ2) is 8.90. The Hall–Kier alpha value is -2.83. The fourth-order valence-corrected chi connectivity index (χ4v) is 5.00. The van der Waals surface area contributed by atoms with Crippen molar-refractivity contribution in [1.82, 2.24) is 15.2 Å². The van der Waals surface area contributed by atoms with Crippen molar-refractivity contribution < 1.29 is 14.7 Å². The summed E-state index contributed by atoms with van der Waals surface area (Å²) in [4.78, 5) is 33.3. The minimum absolute atomic E-state index is 0.147. The lowest BCUT2D eigenvalue weighted by Gasteiger charge is -2.20. The highest BCUT2D eigenvalue weighted by atomic mass is 32.2. The number of benzene rings is 1. The van der Waals surface area contributed by atoms with Gasteiger partial charge in [0.15, 0.2) is 0 Å². The molecule has 2 amide bonds. The molecule has 1 aromatic heterocycles. The molecule has 1 aromatic carbocycles. The highest BCUT2D eigenvalue weighted by Crippen LogP contribution is 2.28. The molecule has 4 rings (SSSR count). The van der Waals surface area contributed by atoms with E-state index in [-0.39, 0.29) is 30.9 Å². The summed E-state index contributed by atoms with van der Waals surface area (Å²) < 4.78 is 0. The number of rotatable bonds is 5. The van der Waals surface area contributed by atoms with E-state index in [1.165, 1.54) is 16.7 Å². The Bertz CT molecular complexity index is 1010. The van der Waals surface area contributed by atoms with Crippen LogP contribution >= 0.6 is 11.8 Å². The molecule has 0 radical (unpaired) electrons. The number of anilines is 1. The summed E-state index contributed by atoms with van der Waals surface area (Å²) in [7, 11) is 0. The highest BCUT2D eigenvalue weighted by molar-refractivity contribution is 7.99. The average Bonchev–Trinajstić information content (AvgIpc) is 3.45. The Kier molecular flexibility index (Phi) is 6.06. The standard InChI is InChI=1S/C21H23N5O3S/c22-8-16-12-30-13-26(16)20(28)9-24-21(29)17-3-5-23-19-2-1-15(7-18(17)19)25-6-4-14(10-25)11-27/h1-3,5,7,14,16,27H,4,6,9-13H2,(H,24,29)/t14-,16+/m0/s1. The molecule has 0 spiro atoms. The van der Waals surface area contributed by atoms with E-state index >= 15 is 0 Å². The van der Waals surface area contributed by atoms with Crippen molar-refractivity contribution in [3.05, 3.63) is 36.0 Å². The van der Waals surface area contributed by atoms with Crippen molar-refractivity contribution in [3.8, 4) is 6.07 Å². The maximum Gasteiger partial charge on any atom is 0.252 e. The van der Waals surface area contributed by atoms with E-state index in [1.807, 2.05) is 18.2 Å². The topological polar surface area (TPSA) is 110 Å². The van der Waals surface area contributed by atoms with Gasteiger partial charge in [0.1, 0.15) is 6.04 Å². The Morgan fingerprint density at radius 1 is 1.37 bits per heavy atom. The Morgan fingerprint density at radius 2 is 2.23 bits per heavy atom. The van der Waals surface area contributed by atoms with Gasteiger partial charge in [-0.3, -0.25) is 14.6 Å². The maximum absolute atomic E-state index is 12.8. The van der Waals surface area contributed by atoms with Crippen LogP contribution in [0.25, 0.3) is 10.9 Å². The van der Waals surface area contributed by atoms with E-state index in [0.29, 0.717) is 22.7 Å². The fourth-order valence-electron chi connectivity index (χ4n) is 3.89. The molecule has 0 saturated carbocycles. The zero-order valence-corrected chi connectivity index (χ0v) is 17.3. The van der Waals surface area contributed by atoms with Crippen LogP contribution in [-0.2, 0) is 4.79 Å². The molecule has 2 atom stereocenters. The van der Waals surface area contributed by atoms with Crippen molar-refractivity contribution in [1.29, 1.82) is 5.26 Å². The number of aromatic nitrogens is 1. The zero-order chi connectivity index (χ0) is 21.1. The average molecular weight is 426 g/mol. The van der Waals surface area contributed by atoms with Gasteiger partial charge >= 0.3 is 0 Å². The third-order valence-corrected chi connectivity index (χ3v) is 6.64. The van der Waals surface area contributed by atoms with Crippen molar-refractivity contribution in [2.45, 2.75) is 12.5 Å². The minimum atomic E-state index is -0.438. The summed E-state index contributed by atoms with van der Waals surface area (Å²) in [6, 6.07) is 9.14. The van der Waals surface area contributed by atoms with Gasteiger partial charge in [-0.2, -0.15) is 5.26 Å². The lowest BCUT2D eigenvalue weighted by atomic mass is 10.1. The molecule has 2 aliphatic rings. The van der Waals surface area contributed by atoms with Crippen LogP contribution in [0.5, 0.6) is 0 Å². The number of aliphatic hydroxyl groups excluding tert-OH is 1. The molecule has 0 aliphatic carbocycles. The zero-order valence-electron chi connectivity index (χ0n) is 16.5. The van der Waals surface area contributed by atoms with Crippen LogP contribution in [0.1, 0.15) is 16.8 Å². The van der Waals surface area contributed by atoms with Crippen LogP contribution in [0.3, 0.4) is 0 Å². The molecular weight excluding hydrogens is 402 g/mol. The number of carbonyl (C=O) groups is 2. The summed E-state index contributed by atoms with van der Waals surface area (Å²) in [5.74, 6) is 0.735. The number of thioether (sulfide) groups is 1. The predicted octanol–water partition coefficient (Wildman–Crippen LogP) is 1.21. The number of hydrogen-bond acceptors (Lipinski definition) is 7. The van der Waals surface area contributed by atoms with Crippen LogP contribution in [0.15, 0.2) is 30.5 Å². The molecule has 0 bridgehead atoms. The second-order valence-electron chi connectivity index (χ2n) is 7.53. The number of pyridine rings is 1. The van der Waals surface area contributed by atoms with Crippen LogP contribution in [-0.4, -0.2) is 70.7 Å². The molecule has 2 aromatic rings. The first-order chi connectivity index (χ1) is 14.6. The number of hydrogen-bond donors (Lipinski definition) is 2. The van der Waals surface area contributed by atoms with Gasteiger partial charge < -0.3 is 20.2 Å². The second-order valence-corrected chi connectivity index (χ2v) is 8.53. The summed E-state index contributed by atoms with van der Waals surface area (Å²) in [6.45, 7) is 1.67. The van der Waals surface area contributed by atoms with Gasteiger partial charge in [-0.05, 0) is 30.7 Å². The normalized spacial score (nSPS) is 21.1. The third-order valence-electron chi connectivity index (χ3n) is 5.63. The Labute approximate surface area is 178 Å². The fraction of sp³-hybridized carbons (Fsp3) is 0.429. The Morgan fingerprint density at radius 3 is 3.00 bits per heavy atom. The first kappa shape index (κ1) is 20.4. The first-order valence-electron chi connectivity index (χ1n) is 9.90. The molecule has 30 heavy (non-hydrogen) atoms. The van der Waals surface area contributed by atoms with E-state index in [9.17, 15) is 14.7 Å². The number of nitrogens with zero attached hydrogens (tertiary/aromatic N) is 4. The molecule has 2 N–H and O–H groups in total. The molecular formula is C21H23N5O3S. The number of amides is 2. The van der Waals surface area contributed by atoms with Crippen LogP contribution in [0.4, 0.5) is 5.69 Å². The summed E-state index contributed by atoms with van der Waals surface area (Å²) in [5, 5.41) is 21.9. The number of aliphatic hydroxyl groups is 1. The molecule has 2 fully saturated rings. The molecule has 8 nitrogen and oxygen atoms in total. The van der Waals surface area contributed by atoms with E-state index in [2.05, 4.69) is 21.3 Å². The van der Waals surface area contributed by atoms with Crippen molar-refractivity contribution >= 4 is 40.2 Å². The smallest absolute Gasteiger partial charge is 0.252 e. The molecule has 2 aliphatic heterocycles. The lowest BCUT2D eigenvalue weighted by molar-refractivity contribution is -0.129. The van der Waals surface area contributed by atoms with E-state index in [1.54, 1.807) is 12.3 Å². The summed E-state index contributed by atoms with van der Waals surface area (Å²) >= 11 is 1.53. The summed E-state index contributed by atoms with van der Waals surface area (Å²) in [5.41, 5.74) is 2.15. The summed E-state index contributed by atoms with van der Waals surface area (Å²) in [6.07, 6.45) is 2.52. The van der Waals surface area contributed by atoms with E-state index in [0.717, 1.165) is 30.6 Å². The number of nitriles is 1. The Balaban J connectivity index is 1.50. The van der Waals surface area contributed by atoms with Crippen LogP contribution < -0.4 is 10.2 Å². The van der Waals surface area contributed by atoms with Gasteiger partial charge in [0.05, 0.1) is 29.6 Å². The van der Waals surface area contributed by atoms with Gasteiger partial charge in [0.25, 0.3) is 5.91 Å². The van der Waals surface area contributed by atoms with Crippen LogP contribution in [0, 0.1) is 17.2 Å². The number of nitrogens with one attached hydrogen (secondary N) is 1. The molecule has 0 unspecified atom stereocenters. The maximum atomic E-state index is 12.8. The monoisotopic (exact) mass is 425 g/mol. The van der Waals surface area contributed by atoms with Gasteiger partial charge in [-0.15, -0.1) is 11.8 Å². The first-order valence-corrected chi connectivity index (χ1v) is 11.1.